The molecule has 3 heteroatoms. The molecule has 0 aromatic rings. The first-order chi connectivity index (χ1) is 6.46. The second-order valence-corrected chi connectivity index (χ2v) is 8.42. The highest BCUT2D eigenvalue weighted by molar-refractivity contribution is 7.95. The van der Waals surface area contributed by atoms with Gasteiger partial charge in [-0.15, -0.1) is 0 Å². The average Bonchev–Trinajstić information content (AvgIpc) is 2.21. The Hall–Kier alpha value is -0.310. The van der Waals surface area contributed by atoms with Crippen molar-refractivity contribution >= 4 is 9.84 Å². The summed E-state index contributed by atoms with van der Waals surface area (Å²) in [6.45, 7) is 12.2. The van der Waals surface area contributed by atoms with Crippen LogP contribution < -0.4 is 0 Å². The van der Waals surface area contributed by atoms with E-state index in [0.29, 0.717) is 17.1 Å². The van der Waals surface area contributed by atoms with E-state index >= 15 is 0 Å². The maximum absolute atomic E-state index is 12.0. The number of rotatable bonds is 0. The smallest absolute Gasteiger partial charge is 0.175 e. The van der Waals surface area contributed by atoms with E-state index in [1.165, 1.54) is 0 Å². The zero-order valence-electron chi connectivity index (χ0n) is 10.6. The molecule has 1 heterocycles. The molecule has 0 radical (unpaired) electrons. The summed E-state index contributed by atoms with van der Waals surface area (Å²) in [5, 5.41) is 0. The van der Waals surface area contributed by atoms with Crippen molar-refractivity contribution < 1.29 is 8.42 Å². The van der Waals surface area contributed by atoms with Gasteiger partial charge in [0.2, 0.25) is 0 Å². The fourth-order valence-electron chi connectivity index (χ4n) is 2.27. The van der Waals surface area contributed by atoms with Crippen LogP contribution in [0, 0.1) is 10.8 Å². The lowest BCUT2D eigenvalue weighted by molar-refractivity contribution is 0.455. The molecule has 0 aliphatic carbocycles. The van der Waals surface area contributed by atoms with Gasteiger partial charge in [-0.3, -0.25) is 0 Å². The Balaban J connectivity index is 3.45. The van der Waals surface area contributed by atoms with Gasteiger partial charge in [0.25, 0.3) is 0 Å². The van der Waals surface area contributed by atoms with Crippen molar-refractivity contribution in [1.82, 2.24) is 0 Å². The molecule has 0 saturated heterocycles. The van der Waals surface area contributed by atoms with Crippen LogP contribution in [0.3, 0.4) is 0 Å². The molecular weight excluding hydrogens is 208 g/mol. The molecule has 15 heavy (non-hydrogen) atoms. The maximum atomic E-state index is 12.0. The van der Waals surface area contributed by atoms with Gasteiger partial charge in [-0.1, -0.05) is 41.5 Å². The van der Waals surface area contributed by atoms with Crippen LogP contribution in [0.15, 0.2) is 10.5 Å². The Morgan fingerprint density at radius 2 is 1.40 bits per heavy atom. The summed E-state index contributed by atoms with van der Waals surface area (Å²) in [5.74, 6) is 0.298. The molecule has 0 unspecified atom stereocenters. The fraction of sp³-hybridized carbons (Fsp3) is 0.833. The average molecular weight is 230 g/mol. The van der Waals surface area contributed by atoms with Crippen molar-refractivity contribution in [2.24, 2.45) is 10.8 Å². The minimum atomic E-state index is -3.00. The summed E-state index contributed by atoms with van der Waals surface area (Å²) in [4.78, 5) is 0.683. The normalized spacial score (nSPS) is 22.3. The second kappa shape index (κ2) is 3.34. The van der Waals surface area contributed by atoms with Crippen LogP contribution in [0.2, 0.25) is 0 Å². The zero-order valence-corrected chi connectivity index (χ0v) is 11.5. The van der Waals surface area contributed by atoms with E-state index in [4.69, 9.17) is 0 Å². The first-order valence-electron chi connectivity index (χ1n) is 5.43. The summed E-state index contributed by atoms with van der Waals surface area (Å²) in [5.41, 5.74) is 0.819. The summed E-state index contributed by atoms with van der Waals surface area (Å²) in [6, 6.07) is 0. The zero-order chi connectivity index (χ0) is 12.1. The first kappa shape index (κ1) is 12.8. The van der Waals surface area contributed by atoms with E-state index in [1.807, 2.05) is 20.8 Å². The molecule has 0 bridgehead atoms. The fourth-order valence-corrected chi connectivity index (χ4v) is 4.67. The molecule has 1 rings (SSSR count). The standard InChI is InChI=1S/C12H22O2S/c1-11(2,3)9-7-8-15(13,14)10(9)12(4,5)6/h7-8H2,1-6H3. The Morgan fingerprint density at radius 1 is 0.933 bits per heavy atom. The van der Waals surface area contributed by atoms with Crippen molar-refractivity contribution in [3.05, 3.63) is 10.5 Å². The van der Waals surface area contributed by atoms with Crippen molar-refractivity contribution in [2.75, 3.05) is 5.75 Å². The van der Waals surface area contributed by atoms with Gasteiger partial charge >= 0.3 is 0 Å². The van der Waals surface area contributed by atoms with Crippen molar-refractivity contribution in [3.63, 3.8) is 0 Å². The van der Waals surface area contributed by atoms with Crippen LogP contribution in [0.1, 0.15) is 48.0 Å². The SMILES string of the molecule is CC(C)(C)C1=C(C(C)(C)C)S(=O)(=O)CC1. The largest absolute Gasteiger partial charge is 0.224 e. The van der Waals surface area contributed by atoms with E-state index in [-0.39, 0.29) is 10.8 Å². The van der Waals surface area contributed by atoms with Crippen molar-refractivity contribution in [3.8, 4) is 0 Å². The van der Waals surface area contributed by atoms with Crippen LogP contribution in [0.4, 0.5) is 0 Å². The highest BCUT2D eigenvalue weighted by Crippen LogP contribution is 2.45. The van der Waals surface area contributed by atoms with Crippen LogP contribution in [-0.4, -0.2) is 14.2 Å². The highest BCUT2D eigenvalue weighted by atomic mass is 32.2. The molecule has 0 aromatic heterocycles. The minimum Gasteiger partial charge on any atom is -0.224 e. The third-order valence-corrected chi connectivity index (χ3v) is 5.01. The monoisotopic (exact) mass is 230 g/mol. The Labute approximate surface area is 93.7 Å². The topological polar surface area (TPSA) is 34.1 Å². The molecule has 88 valence electrons. The molecule has 0 atom stereocenters. The van der Waals surface area contributed by atoms with Crippen LogP contribution in [0.25, 0.3) is 0 Å². The van der Waals surface area contributed by atoms with E-state index < -0.39 is 9.84 Å². The van der Waals surface area contributed by atoms with E-state index in [1.54, 1.807) is 0 Å². The second-order valence-electron chi connectivity index (χ2n) is 6.38. The Kier molecular flexibility index (Phi) is 2.84. The summed E-state index contributed by atoms with van der Waals surface area (Å²) in [7, 11) is -3.00. The van der Waals surface area contributed by atoms with Gasteiger partial charge in [0.1, 0.15) is 0 Å². The lowest BCUT2D eigenvalue weighted by Gasteiger charge is -2.27. The quantitative estimate of drug-likeness (QED) is 0.640. The van der Waals surface area contributed by atoms with Crippen LogP contribution >= 0.6 is 0 Å². The molecule has 0 amide bonds. The molecule has 0 spiro atoms. The molecule has 0 fully saturated rings. The molecule has 2 nitrogen and oxygen atoms in total. The Morgan fingerprint density at radius 3 is 1.67 bits per heavy atom. The molecule has 0 aromatic carbocycles. The van der Waals surface area contributed by atoms with Crippen LogP contribution in [-0.2, 0) is 9.84 Å². The predicted molar refractivity (Wildman–Crippen MR) is 64.3 cm³/mol. The van der Waals surface area contributed by atoms with Crippen molar-refractivity contribution in [2.45, 2.75) is 48.0 Å². The number of hydrogen-bond acceptors (Lipinski definition) is 2. The Bertz CT molecular complexity index is 386. The van der Waals surface area contributed by atoms with Gasteiger partial charge in [-0.05, 0) is 22.8 Å². The minimum absolute atomic E-state index is 0.0355. The lowest BCUT2D eigenvalue weighted by atomic mass is 9.80. The van der Waals surface area contributed by atoms with E-state index in [0.717, 1.165) is 5.57 Å². The predicted octanol–water partition coefficient (Wildman–Crippen LogP) is 3.15. The van der Waals surface area contributed by atoms with Crippen LogP contribution in [0.5, 0.6) is 0 Å². The third-order valence-electron chi connectivity index (χ3n) is 2.79. The molecule has 0 saturated carbocycles. The number of allylic oxidation sites excluding steroid dienone is 2. The molecule has 1 aliphatic heterocycles. The van der Waals surface area contributed by atoms with Gasteiger partial charge < -0.3 is 0 Å². The van der Waals surface area contributed by atoms with Crippen molar-refractivity contribution in [1.29, 1.82) is 0 Å². The highest BCUT2D eigenvalue weighted by Gasteiger charge is 2.40. The van der Waals surface area contributed by atoms with Gasteiger partial charge in [0.05, 0.1) is 5.75 Å². The van der Waals surface area contributed by atoms with Gasteiger partial charge in [0, 0.05) is 4.91 Å². The maximum Gasteiger partial charge on any atom is 0.175 e. The van der Waals surface area contributed by atoms with Gasteiger partial charge in [0.15, 0.2) is 9.84 Å². The molecule has 0 N–H and O–H groups in total. The van der Waals surface area contributed by atoms with Gasteiger partial charge in [-0.25, -0.2) is 8.42 Å². The number of hydrogen-bond donors (Lipinski definition) is 0. The van der Waals surface area contributed by atoms with E-state index in [9.17, 15) is 8.42 Å². The van der Waals surface area contributed by atoms with E-state index in [2.05, 4.69) is 20.8 Å². The summed E-state index contributed by atoms with van der Waals surface area (Å²) >= 11 is 0. The number of sulfone groups is 1. The molecular formula is C12H22O2S. The summed E-state index contributed by atoms with van der Waals surface area (Å²) < 4.78 is 24.0. The lowest BCUT2D eigenvalue weighted by Crippen LogP contribution is -2.20. The third kappa shape index (κ3) is 2.44. The first-order valence-corrected chi connectivity index (χ1v) is 7.08. The van der Waals surface area contributed by atoms with Gasteiger partial charge in [-0.2, -0.15) is 0 Å². The molecule has 1 aliphatic rings. The summed E-state index contributed by atoms with van der Waals surface area (Å²) in [6.07, 6.45) is 0.707.